The number of hydrogen-bond donors (Lipinski definition) is 1. The van der Waals surface area contributed by atoms with Crippen molar-refractivity contribution in [3.63, 3.8) is 0 Å². The summed E-state index contributed by atoms with van der Waals surface area (Å²) in [5, 5.41) is 15.8. The number of halogens is 1. The lowest BCUT2D eigenvalue weighted by atomic mass is 10.2. The van der Waals surface area contributed by atoms with Crippen molar-refractivity contribution < 1.29 is 9.21 Å². The fourth-order valence-corrected chi connectivity index (χ4v) is 2.84. The molecule has 2 aromatic heterocycles. The SMILES string of the molecule is Cn1cnc(-c2cccc(NC(=O)CCc3nnc(-c4ccc(Cl)cc4)o3)c2)n1. The zero-order valence-electron chi connectivity index (χ0n) is 15.5. The Kier molecular flexibility index (Phi) is 5.35. The van der Waals surface area contributed by atoms with Gasteiger partial charge in [-0.15, -0.1) is 10.2 Å². The van der Waals surface area contributed by atoms with Crippen LogP contribution in [0.5, 0.6) is 0 Å². The molecule has 0 atom stereocenters. The van der Waals surface area contributed by atoms with Gasteiger partial charge in [0.05, 0.1) is 0 Å². The van der Waals surface area contributed by atoms with Crippen molar-refractivity contribution in [2.75, 3.05) is 5.32 Å². The maximum Gasteiger partial charge on any atom is 0.247 e. The molecule has 4 aromatic rings. The standard InChI is InChI=1S/C20H17ClN6O2/c1-27-12-22-19(26-27)14-3-2-4-16(11-14)23-17(28)9-10-18-24-25-20(29-18)13-5-7-15(21)8-6-13/h2-8,11-12H,9-10H2,1H3,(H,23,28). The summed E-state index contributed by atoms with van der Waals surface area (Å²) in [4.78, 5) is 16.5. The summed E-state index contributed by atoms with van der Waals surface area (Å²) in [7, 11) is 1.80. The van der Waals surface area contributed by atoms with Crippen LogP contribution in [0.25, 0.3) is 22.8 Å². The number of carbonyl (C=O) groups is 1. The van der Waals surface area contributed by atoms with Gasteiger partial charge in [0.1, 0.15) is 6.33 Å². The number of anilines is 1. The molecule has 4 rings (SSSR count). The first kappa shape index (κ1) is 18.8. The lowest BCUT2D eigenvalue weighted by molar-refractivity contribution is -0.116. The number of nitrogens with one attached hydrogen (secondary N) is 1. The maximum absolute atomic E-state index is 12.3. The van der Waals surface area contributed by atoms with Crippen LogP contribution in [0.1, 0.15) is 12.3 Å². The molecular formula is C20H17ClN6O2. The quantitative estimate of drug-likeness (QED) is 0.521. The molecular weight excluding hydrogens is 392 g/mol. The highest BCUT2D eigenvalue weighted by molar-refractivity contribution is 6.30. The van der Waals surface area contributed by atoms with Crippen LogP contribution in [0.2, 0.25) is 5.02 Å². The molecule has 0 aliphatic rings. The largest absolute Gasteiger partial charge is 0.421 e. The average Bonchev–Trinajstić information content (AvgIpc) is 3.36. The minimum Gasteiger partial charge on any atom is -0.421 e. The van der Waals surface area contributed by atoms with Gasteiger partial charge in [0.15, 0.2) is 5.82 Å². The number of amides is 1. The number of hydrogen-bond acceptors (Lipinski definition) is 6. The molecule has 0 fully saturated rings. The van der Waals surface area contributed by atoms with Crippen LogP contribution in [0.15, 0.2) is 59.3 Å². The molecule has 0 aliphatic carbocycles. The number of aryl methyl sites for hydroxylation is 2. The molecule has 2 heterocycles. The Bertz CT molecular complexity index is 1140. The molecule has 1 amide bonds. The third kappa shape index (κ3) is 4.67. The Morgan fingerprint density at radius 2 is 1.97 bits per heavy atom. The lowest BCUT2D eigenvalue weighted by Crippen LogP contribution is -2.12. The first-order valence-corrected chi connectivity index (χ1v) is 9.29. The van der Waals surface area contributed by atoms with E-state index < -0.39 is 0 Å². The van der Waals surface area contributed by atoms with E-state index in [1.54, 1.807) is 42.3 Å². The van der Waals surface area contributed by atoms with E-state index in [9.17, 15) is 4.79 Å². The summed E-state index contributed by atoms with van der Waals surface area (Å²) in [6.07, 6.45) is 2.19. The molecule has 0 radical (unpaired) electrons. The fraction of sp³-hybridized carbons (Fsp3) is 0.150. The first-order valence-electron chi connectivity index (χ1n) is 8.91. The van der Waals surface area contributed by atoms with Gasteiger partial charge in [0, 0.05) is 41.7 Å². The van der Waals surface area contributed by atoms with E-state index in [0.29, 0.717) is 34.7 Å². The number of carbonyl (C=O) groups excluding carboxylic acids is 1. The number of nitrogens with zero attached hydrogens (tertiary/aromatic N) is 5. The molecule has 0 aliphatic heterocycles. The predicted molar refractivity (Wildman–Crippen MR) is 108 cm³/mol. The highest BCUT2D eigenvalue weighted by Gasteiger charge is 2.11. The Balaban J connectivity index is 1.35. The maximum atomic E-state index is 12.3. The summed E-state index contributed by atoms with van der Waals surface area (Å²) in [5.41, 5.74) is 2.28. The van der Waals surface area contributed by atoms with Gasteiger partial charge in [-0.2, -0.15) is 5.10 Å². The third-order valence-electron chi connectivity index (χ3n) is 4.13. The average molecular weight is 409 g/mol. The Morgan fingerprint density at radius 1 is 1.14 bits per heavy atom. The third-order valence-corrected chi connectivity index (χ3v) is 4.38. The second-order valence-electron chi connectivity index (χ2n) is 6.38. The van der Waals surface area contributed by atoms with E-state index >= 15 is 0 Å². The molecule has 0 spiro atoms. The van der Waals surface area contributed by atoms with Crippen molar-refractivity contribution >= 4 is 23.2 Å². The van der Waals surface area contributed by atoms with Gasteiger partial charge < -0.3 is 9.73 Å². The molecule has 0 saturated carbocycles. The molecule has 0 unspecified atom stereocenters. The molecule has 0 saturated heterocycles. The summed E-state index contributed by atoms with van der Waals surface area (Å²) in [6, 6.07) is 14.5. The highest BCUT2D eigenvalue weighted by atomic mass is 35.5. The van der Waals surface area contributed by atoms with E-state index in [1.807, 2.05) is 24.3 Å². The Morgan fingerprint density at radius 3 is 2.72 bits per heavy atom. The van der Waals surface area contributed by atoms with Gasteiger partial charge >= 0.3 is 0 Å². The monoisotopic (exact) mass is 408 g/mol. The molecule has 8 nitrogen and oxygen atoms in total. The van der Waals surface area contributed by atoms with Crippen LogP contribution in [-0.2, 0) is 18.3 Å². The second kappa shape index (κ2) is 8.24. The Labute approximate surface area is 171 Å². The molecule has 29 heavy (non-hydrogen) atoms. The summed E-state index contributed by atoms with van der Waals surface area (Å²) >= 11 is 5.88. The summed E-state index contributed by atoms with van der Waals surface area (Å²) < 4.78 is 7.25. The Hall–Kier alpha value is -3.52. The van der Waals surface area contributed by atoms with Crippen LogP contribution in [0.4, 0.5) is 5.69 Å². The number of rotatable bonds is 6. The van der Waals surface area contributed by atoms with E-state index in [-0.39, 0.29) is 12.3 Å². The van der Waals surface area contributed by atoms with Crippen molar-refractivity contribution in [3.05, 3.63) is 65.8 Å². The van der Waals surface area contributed by atoms with Crippen molar-refractivity contribution in [1.29, 1.82) is 0 Å². The van der Waals surface area contributed by atoms with Crippen LogP contribution in [0.3, 0.4) is 0 Å². The van der Waals surface area contributed by atoms with Gasteiger partial charge in [-0.1, -0.05) is 23.7 Å². The number of benzene rings is 2. The number of aromatic nitrogens is 5. The van der Waals surface area contributed by atoms with Crippen molar-refractivity contribution in [2.45, 2.75) is 12.8 Å². The minimum atomic E-state index is -0.151. The molecule has 0 bridgehead atoms. The predicted octanol–water partition coefficient (Wildman–Crippen LogP) is 3.76. The molecule has 146 valence electrons. The van der Waals surface area contributed by atoms with Crippen LogP contribution >= 0.6 is 11.6 Å². The normalized spacial score (nSPS) is 10.8. The minimum absolute atomic E-state index is 0.151. The van der Waals surface area contributed by atoms with Gasteiger partial charge in [-0.3, -0.25) is 9.48 Å². The summed E-state index contributed by atoms with van der Waals surface area (Å²) in [5.74, 6) is 1.25. The molecule has 9 heteroatoms. The zero-order chi connectivity index (χ0) is 20.2. The topological polar surface area (TPSA) is 98.7 Å². The van der Waals surface area contributed by atoms with Gasteiger partial charge in [0.2, 0.25) is 17.7 Å². The van der Waals surface area contributed by atoms with Gasteiger partial charge in [-0.25, -0.2) is 4.98 Å². The fourth-order valence-electron chi connectivity index (χ4n) is 2.72. The smallest absolute Gasteiger partial charge is 0.247 e. The van der Waals surface area contributed by atoms with Gasteiger partial charge in [0.25, 0.3) is 0 Å². The molecule has 2 aromatic carbocycles. The van der Waals surface area contributed by atoms with Crippen molar-refractivity contribution in [3.8, 4) is 22.8 Å². The highest BCUT2D eigenvalue weighted by Crippen LogP contribution is 2.21. The van der Waals surface area contributed by atoms with E-state index in [1.165, 1.54) is 0 Å². The van der Waals surface area contributed by atoms with Crippen molar-refractivity contribution in [1.82, 2.24) is 25.0 Å². The van der Waals surface area contributed by atoms with Crippen LogP contribution in [0, 0.1) is 0 Å². The molecule has 1 N–H and O–H groups in total. The van der Waals surface area contributed by atoms with E-state index in [4.69, 9.17) is 16.0 Å². The second-order valence-corrected chi connectivity index (χ2v) is 6.82. The van der Waals surface area contributed by atoms with Crippen molar-refractivity contribution in [2.24, 2.45) is 7.05 Å². The first-order chi connectivity index (χ1) is 14.1. The lowest BCUT2D eigenvalue weighted by Gasteiger charge is -2.05. The van der Waals surface area contributed by atoms with E-state index in [0.717, 1.165) is 11.1 Å². The van der Waals surface area contributed by atoms with Crippen LogP contribution in [-0.4, -0.2) is 30.9 Å². The van der Waals surface area contributed by atoms with E-state index in [2.05, 4.69) is 25.6 Å². The summed E-state index contributed by atoms with van der Waals surface area (Å²) in [6.45, 7) is 0. The van der Waals surface area contributed by atoms with Gasteiger partial charge in [-0.05, 0) is 36.4 Å². The van der Waals surface area contributed by atoms with Crippen LogP contribution < -0.4 is 5.32 Å². The zero-order valence-corrected chi connectivity index (χ0v) is 16.3.